The minimum Gasteiger partial charge on any atom is -0.495 e. The van der Waals surface area contributed by atoms with Gasteiger partial charge in [-0.15, -0.1) is 0 Å². The number of carbonyl (C=O) groups is 1. The van der Waals surface area contributed by atoms with Gasteiger partial charge in [0, 0.05) is 17.5 Å². The van der Waals surface area contributed by atoms with Gasteiger partial charge in [0.05, 0.1) is 35.6 Å². The van der Waals surface area contributed by atoms with Gasteiger partial charge in [-0.25, -0.2) is 13.2 Å². The molecule has 1 N–H and O–H groups in total. The highest BCUT2D eigenvalue weighted by molar-refractivity contribution is 7.91. The molecule has 0 aliphatic carbocycles. The molecular formula is C17H18ClNO6S. The molecule has 7 nitrogen and oxygen atoms in total. The highest BCUT2D eigenvalue weighted by Crippen LogP contribution is 2.31. The predicted octanol–water partition coefficient (Wildman–Crippen LogP) is 1.61. The lowest BCUT2D eigenvalue weighted by Crippen LogP contribution is -2.37. The fraction of sp³-hybridized carbons (Fsp3) is 0.412. The number of hydrogen-bond acceptors (Lipinski definition) is 6. The van der Waals surface area contributed by atoms with Crippen LogP contribution in [0, 0.1) is 6.92 Å². The van der Waals surface area contributed by atoms with Crippen molar-refractivity contribution in [1.82, 2.24) is 5.32 Å². The summed E-state index contributed by atoms with van der Waals surface area (Å²) in [6.07, 6.45) is 0.194. The van der Waals surface area contributed by atoms with Gasteiger partial charge < -0.3 is 14.5 Å². The van der Waals surface area contributed by atoms with E-state index in [2.05, 4.69) is 5.32 Å². The lowest BCUT2D eigenvalue weighted by atomic mass is 10.0. The van der Waals surface area contributed by atoms with Crippen molar-refractivity contribution < 1.29 is 22.4 Å². The Kier molecular flexibility index (Phi) is 4.98. The van der Waals surface area contributed by atoms with Crippen LogP contribution >= 0.6 is 11.6 Å². The van der Waals surface area contributed by atoms with Crippen molar-refractivity contribution in [3.8, 4) is 5.75 Å². The van der Waals surface area contributed by atoms with E-state index < -0.39 is 27.4 Å². The Balaban J connectivity index is 1.88. The number of ether oxygens (including phenoxy) is 1. The maximum Gasteiger partial charge on any atom is 0.340 e. The number of nitrogens with one attached hydrogen (secondary N) is 1. The van der Waals surface area contributed by atoms with Gasteiger partial charge in [-0.1, -0.05) is 11.6 Å². The second kappa shape index (κ2) is 6.92. The van der Waals surface area contributed by atoms with Crippen molar-refractivity contribution in [2.24, 2.45) is 0 Å². The maximum atomic E-state index is 12.3. The lowest BCUT2D eigenvalue weighted by molar-refractivity contribution is -0.121. The summed E-state index contributed by atoms with van der Waals surface area (Å²) >= 11 is 6.13. The lowest BCUT2D eigenvalue weighted by Gasteiger charge is -2.12. The van der Waals surface area contributed by atoms with Crippen LogP contribution in [0.1, 0.15) is 17.5 Å². The first-order valence-corrected chi connectivity index (χ1v) is 10.2. The van der Waals surface area contributed by atoms with Crippen molar-refractivity contribution in [2.45, 2.75) is 25.8 Å². The number of carbonyl (C=O) groups excluding carboxylic acids is 1. The molecule has 26 heavy (non-hydrogen) atoms. The monoisotopic (exact) mass is 399 g/mol. The van der Waals surface area contributed by atoms with Gasteiger partial charge in [0.1, 0.15) is 11.3 Å². The molecule has 0 radical (unpaired) electrons. The van der Waals surface area contributed by atoms with Crippen molar-refractivity contribution >= 4 is 38.3 Å². The fourth-order valence-corrected chi connectivity index (χ4v) is 5.01. The van der Waals surface area contributed by atoms with Crippen LogP contribution < -0.4 is 15.7 Å². The first-order valence-electron chi connectivity index (χ1n) is 8.00. The highest BCUT2D eigenvalue weighted by Gasteiger charge is 2.29. The van der Waals surface area contributed by atoms with Crippen LogP contribution in [-0.2, 0) is 21.1 Å². The van der Waals surface area contributed by atoms with Gasteiger partial charge in [-0.05, 0) is 25.0 Å². The number of aryl methyl sites for hydroxylation is 1. The molecule has 2 aromatic rings. The molecule has 1 saturated heterocycles. The Bertz CT molecular complexity index is 1040. The van der Waals surface area contributed by atoms with E-state index in [9.17, 15) is 18.0 Å². The standard InChI is InChI=1S/C17H18ClNO6S/c1-9-11-5-13(18)15(24-2)7-14(11)25-17(21)12(9)6-16(20)19-10-3-4-26(22,23)8-10/h5,7,10H,3-4,6,8H2,1-2H3,(H,19,20). The van der Waals surface area contributed by atoms with Gasteiger partial charge in [-0.2, -0.15) is 0 Å². The van der Waals surface area contributed by atoms with E-state index in [1.54, 1.807) is 13.0 Å². The van der Waals surface area contributed by atoms with E-state index in [-0.39, 0.29) is 23.5 Å². The molecule has 1 aromatic heterocycles. The molecule has 9 heteroatoms. The third-order valence-corrected chi connectivity index (χ3v) is 6.56. The van der Waals surface area contributed by atoms with Crippen LogP contribution in [0.4, 0.5) is 0 Å². The molecule has 2 heterocycles. The Morgan fingerprint density at radius 1 is 1.42 bits per heavy atom. The summed E-state index contributed by atoms with van der Waals surface area (Å²) in [6, 6.07) is 2.73. The zero-order valence-electron chi connectivity index (χ0n) is 14.3. The Labute approximate surface area is 155 Å². The number of fused-ring (bicyclic) bond motifs is 1. The van der Waals surface area contributed by atoms with Crippen LogP contribution in [0.25, 0.3) is 11.0 Å². The Morgan fingerprint density at radius 3 is 2.77 bits per heavy atom. The van der Waals surface area contributed by atoms with Crippen LogP contribution in [0.15, 0.2) is 21.3 Å². The van der Waals surface area contributed by atoms with Crippen molar-refractivity contribution in [3.05, 3.63) is 38.7 Å². The number of rotatable bonds is 4. The van der Waals surface area contributed by atoms with Gasteiger partial charge >= 0.3 is 5.63 Å². The maximum absolute atomic E-state index is 12.3. The van der Waals surface area contributed by atoms with Gasteiger partial charge in [0.25, 0.3) is 0 Å². The summed E-state index contributed by atoms with van der Waals surface area (Å²) in [5, 5.41) is 3.65. The number of halogens is 1. The molecule has 0 bridgehead atoms. The average Bonchev–Trinajstić information content (AvgIpc) is 2.90. The molecule has 1 aliphatic rings. The van der Waals surface area contributed by atoms with Gasteiger partial charge in [0.2, 0.25) is 5.91 Å². The zero-order chi connectivity index (χ0) is 19.1. The number of hydrogen-bond donors (Lipinski definition) is 1. The molecule has 1 amide bonds. The third-order valence-electron chi connectivity index (χ3n) is 4.49. The third kappa shape index (κ3) is 3.71. The molecule has 1 fully saturated rings. The fourth-order valence-electron chi connectivity index (χ4n) is 3.10. The number of methoxy groups -OCH3 is 1. The topological polar surface area (TPSA) is 103 Å². The van der Waals surface area contributed by atoms with Crippen molar-refractivity contribution in [2.75, 3.05) is 18.6 Å². The summed E-state index contributed by atoms with van der Waals surface area (Å²) in [5.74, 6) is -0.0365. The molecular weight excluding hydrogens is 382 g/mol. The second-order valence-corrected chi connectivity index (χ2v) is 8.96. The zero-order valence-corrected chi connectivity index (χ0v) is 15.9. The minimum absolute atomic E-state index is 0.0649. The van der Waals surface area contributed by atoms with E-state index in [1.165, 1.54) is 13.2 Å². The van der Waals surface area contributed by atoms with Gasteiger partial charge in [-0.3, -0.25) is 4.79 Å². The molecule has 140 valence electrons. The smallest absolute Gasteiger partial charge is 0.340 e. The van der Waals surface area contributed by atoms with Crippen LogP contribution in [0.5, 0.6) is 5.75 Å². The van der Waals surface area contributed by atoms with Gasteiger partial charge in [0.15, 0.2) is 9.84 Å². The Morgan fingerprint density at radius 2 is 2.15 bits per heavy atom. The summed E-state index contributed by atoms with van der Waals surface area (Å²) in [6.45, 7) is 1.71. The van der Waals surface area contributed by atoms with E-state index in [1.807, 2.05) is 0 Å². The van der Waals surface area contributed by atoms with Crippen LogP contribution in [-0.4, -0.2) is 39.0 Å². The molecule has 1 aromatic carbocycles. The average molecular weight is 400 g/mol. The summed E-state index contributed by atoms with van der Waals surface area (Å²) < 4.78 is 33.4. The molecule has 1 atom stereocenters. The van der Waals surface area contributed by atoms with Crippen LogP contribution in [0.3, 0.4) is 0 Å². The van der Waals surface area contributed by atoms with E-state index in [0.717, 1.165) is 0 Å². The van der Waals surface area contributed by atoms with E-state index in [0.29, 0.717) is 33.7 Å². The largest absolute Gasteiger partial charge is 0.495 e. The van der Waals surface area contributed by atoms with Crippen molar-refractivity contribution in [1.29, 1.82) is 0 Å². The van der Waals surface area contributed by atoms with E-state index >= 15 is 0 Å². The molecule has 3 rings (SSSR count). The van der Waals surface area contributed by atoms with Crippen LogP contribution in [0.2, 0.25) is 5.02 Å². The molecule has 0 saturated carbocycles. The summed E-state index contributed by atoms with van der Waals surface area (Å²) in [7, 11) is -1.63. The number of sulfone groups is 1. The quantitative estimate of drug-likeness (QED) is 0.783. The molecule has 1 unspecified atom stereocenters. The first kappa shape index (κ1) is 18.7. The second-order valence-electron chi connectivity index (χ2n) is 6.32. The number of amides is 1. The normalized spacial score (nSPS) is 18.8. The number of benzene rings is 1. The minimum atomic E-state index is -3.09. The summed E-state index contributed by atoms with van der Waals surface area (Å²) in [4.78, 5) is 24.6. The van der Waals surface area contributed by atoms with E-state index in [4.69, 9.17) is 20.8 Å². The molecule has 0 spiro atoms. The molecule has 1 aliphatic heterocycles. The van der Waals surface area contributed by atoms with Crippen molar-refractivity contribution in [3.63, 3.8) is 0 Å². The Hall–Kier alpha value is -2.06. The highest BCUT2D eigenvalue weighted by atomic mass is 35.5. The predicted molar refractivity (Wildman–Crippen MR) is 97.7 cm³/mol. The first-order chi connectivity index (χ1) is 12.2. The SMILES string of the molecule is COc1cc2oc(=O)c(CC(=O)NC3CCS(=O)(=O)C3)c(C)c2cc1Cl. The summed E-state index contributed by atoms with van der Waals surface area (Å²) in [5.41, 5.74) is 0.514.